The van der Waals surface area contributed by atoms with Gasteiger partial charge in [-0.2, -0.15) is 0 Å². The molecule has 4 fully saturated rings. The van der Waals surface area contributed by atoms with Crippen molar-refractivity contribution in [2.24, 2.45) is 17.3 Å². The lowest BCUT2D eigenvalue weighted by Crippen LogP contribution is -2.60. The zero-order chi connectivity index (χ0) is 9.10. The van der Waals surface area contributed by atoms with Crippen LogP contribution in [0.15, 0.2) is 0 Å². The second-order valence-corrected chi connectivity index (χ2v) is 6.30. The predicted molar refractivity (Wildman–Crippen MR) is 54.6 cm³/mol. The first-order chi connectivity index (χ1) is 6.13. The van der Waals surface area contributed by atoms with Gasteiger partial charge in [-0.3, -0.25) is 0 Å². The molecule has 0 aliphatic heterocycles. The van der Waals surface area contributed by atoms with Gasteiger partial charge in [0.25, 0.3) is 0 Å². The Morgan fingerprint density at radius 3 is 2.15 bits per heavy atom. The van der Waals surface area contributed by atoms with E-state index in [1.54, 1.807) is 6.42 Å². The second-order valence-electron chi connectivity index (χ2n) is 6.30. The molecule has 0 saturated heterocycles. The molecule has 1 N–H and O–H groups in total. The average Bonchev–Trinajstić information content (AvgIpc) is 1.99. The Morgan fingerprint density at radius 2 is 1.69 bits per heavy atom. The van der Waals surface area contributed by atoms with Crippen LogP contribution < -0.4 is 5.32 Å². The highest BCUT2D eigenvalue weighted by Gasteiger charge is 2.54. The van der Waals surface area contributed by atoms with E-state index in [2.05, 4.69) is 19.3 Å². The van der Waals surface area contributed by atoms with Gasteiger partial charge in [-0.05, 0) is 62.8 Å². The third-order valence-electron chi connectivity index (χ3n) is 4.88. The summed E-state index contributed by atoms with van der Waals surface area (Å²) in [5.74, 6) is 2.11. The highest BCUT2D eigenvalue weighted by atomic mass is 15.0. The monoisotopic (exact) mass is 179 g/mol. The molecule has 4 aliphatic rings. The summed E-state index contributed by atoms with van der Waals surface area (Å²) < 4.78 is 0. The molecule has 0 spiro atoms. The lowest BCUT2D eigenvalue weighted by Gasteiger charge is -2.61. The Hall–Kier alpha value is -0.0400. The van der Waals surface area contributed by atoms with E-state index >= 15 is 0 Å². The zero-order valence-electron chi connectivity index (χ0n) is 8.90. The van der Waals surface area contributed by atoms with Gasteiger partial charge in [0.15, 0.2) is 0 Å². The van der Waals surface area contributed by atoms with Gasteiger partial charge in [0.1, 0.15) is 0 Å². The zero-order valence-corrected chi connectivity index (χ0v) is 8.90. The molecule has 0 aromatic heterocycles. The fourth-order valence-corrected chi connectivity index (χ4v) is 5.01. The molecule has 4 bridgehead atoms. The fourth-order valence-electron chi connectivity index (χ4n) is 5.01. The second kappa shape index (κ2) is 2.31. The van der Waals surface area contributed by atoms with Crippen molar-refractivity contribution in [3.05, 3.63) is 0 Å². The van der Waals surface area contributed by atoms with Crippen LogP contribution in [0.25, 0.3) is 0 Å². The molecule has 0 aromatic rings. The summed E-state index contributed by atoms with van der Waals surface area (Å²) >= 11 is 0. The van der Waals surface area contributed by atoms with E-state index in [-0.39, 0.29) is 0 Å². The van der Waals surface area contributed by atoms with Gasteiger partial charge in [-0.25, -0.2) is 0 Å². The summed E-state index contributed by atoms with van der Waals surface area (Å²) in [6.45, 7) is 2.52. The molecule has 0 radical (unpaired) electrons. The van der Waals surface area contributed by atoms with Crippen molar-refractivity contribution in [3.63, 3.8) is 0 Å². The van der Waals surface area contributed by atoms with E-state index in [4.69, 9.17) is 0 Å². The van der Waals surface area contributed by atoms with Crippen LogP contribution >= 0.6 is 0 Å². The summed E-state index contributed by atoms with van der Waals surface area (Å²) in [5.41, 5.74) is 1.26. The molecule has 0 amide bonds. The third kappa shape index (κ3) is 1.09. The highest BCUT2D eigenvalue weighted by Crippen LogP contribution is 2.61. The Labute approximate surface area is 81.3 Å². The van der Waals surface area contributed by atoms with Crippen LogP contribution in [0.1, 0.15) is 45.4 Å². The van der Waals surface area contributed by atoms with Crippen LogP contribution in [0.4, 0.5) is 0 Å². The molecular formula is C12H21N. The molecule has 74 valence electrons. The maximum atomic E-state index is 3.63. The molecule has 4 rings (SSSR count). The van der Waals surface area contributed by atoms with E-state index in [9.17, 15) is 0 Å². The minimum atomic E-state index is 0.554. The Morgan fingerprint density at radius 1 is 1.08 bits per heavy atom. The van der Waals surface area contributed by atoms with Gasteiger partial charge in [0, 0.05) is 5.54 Å². The first-order valence-electron chi connectivity index (χ1n) is 5.82. The lowest BCUT2D eigenvalue weighted by atomic mass is 9.47. The maximum absolute atomic E-state index is 3.63. The summed E-state index contributed by atoms with van der Waals surface area (Å²) in [5, 5.41) is 3.63. The van der Waals surface area contributed by atoms with Gasteiger partial charge in [0.2, 0.25) is 0 Å². The standard InChI is InChI=1S/C12H21N/c1-11-4-9-3-10(5-11)7-12(6-9,8-11)13-2/h9-10,13H,3-8H2,1-2H3/t9-,10+,11?,12?. The normalized spacial score (nSPS) is 58.6. The quantitative estimate of drug-likeness (QED) is 0.652. The molecule has 0 aromatic carbocycles. The molecule has 2 unspecified atom stereocenters. The molecule has 4 atom stereocenters. The fraction of sp³-hybridized carbons (Fsp3) is 1.00. The average molecular weight is 179 g/mol. The smallest absolute Gasteiger partial charge is 0.0189 e. The van der Waals surface area contributed by atoms with Crippen molar-refractivity contribution in [2.75, 3.05) is 7.05 Å². The van der Waals surface area contributed by atoms with E-state index < -0.39 is 0 Å². The largest absolute Gasteiger partial charge is 0.314 e. The number of rotatable bonds is 1. The van der Waals surface area contributed by atoms with Crippen LogP contribution in [0.2, 0.25) is 0 Å². The predicted octanol–water partition coefficient (Wildman–Crippen LogP) is 2.56. The first-order valence-corrected chi connectivity index (χ1v) is 5.82. The first kappa shape index (κ1) is 8.28. The van der Waals surface area contributed by atoms with Crippen molar-refractivity contribution in [1.29, 1.82) is 0 Å². The molecule has 4 saturated carbocycles. The van der Waals surface area contributed by atoms with Crippen LogP contribution in [0.3, 0.4) is 0 Å². The summed E-state index contributed by atoms with van der Waals surface area (Å²) in [6, 6.07) is 0. The molecule has 4 aliphatic carbocycles. The van der Waals surface area contributed by atoms with Gasteiger partial charge in [0.05, 0.1) is 0 Å². The van der Waals surface area contributed by atoms with Crippen molar-refractivity contribution in [3.8, 4) is 0 Å². The Bertz CT molecular complexity index is 219. The number of nitrogens with one attached hydrogen (secondary N) is 1. The van der Waals surface area contributed by atoms with Crippen molar-refractivity contribution < 1.29 is 0 Å². The topological polar surface area (TPSA) is 12.0 Å². The van der Waals surface area contributed by atoms with Crippen LogP contribution in [0.5, 0.6) is 0 Å². The van der Waals surface area contributed by atoms with Crippen LogP contribution in [-0.2, 0) is 0 Å². The van der Waals surface area contributed by atoms with E-state index in [0.717, 1.165) is 11.8 Å². The summed E-state index contributed by atoms with van der Waals surface area (Å²) in [6.07, 6.45) is 8.97. The molecule has 13 heavy (non-hydrogen) atoms. The highest BCUT2D eigenvalue weighted by molar-refractivity contribution is 5.09. The summed E-state index contributed by atoms with van der Waals surface area (Å²) in [7, 11) is 2.18. The maximum Gasteiger partial charge on any atom is 0.0189 e. The van der Waals surface area contributed by atoms with Gasteiger partial charge in [-0.15, -0.1) is 0 Å². The lowest BCUT2D eigenvalue weighted by molar-refractivity contribution is -0.0691. The molecule has 1 nitrogen and oxygen atoms in total. The Balaban J connectivity index is 1.95. The van der Waals surface area contributed by atoms with E-state index in [1.165, 1.54) is 32.1 Å². The SMILES string of the molecule is CNC12C[C@@H]3C[C@@H](CC(C)(C3)C1)C2. The van der Waals surface area contributed by atoms with E-state index in [1.807, 2.05) is 0 Å². The Kier molecular flexibility index (Phi) is 1.47. The number of hydrogen-bond acceptors (Lipinski definition) is 1. The minimum Gasteiger partial charge on any atom is -0.314 e. The van der Waals surface area contributed by atoms with Crippen molar-refractivity contribution >= 4 is 0 Å². The molecular weight excluding hydrogens is 158 g/mol. The number of hydrogen-bond donors (Lipinski definition) is 1. The van der Waals surface area contributed by atoms with Crippen molar-refractivity contribution in [2.45, 2.75) is 51.0 Å². The van der Waals surface area contributed by atoms with Gasteiger partial charge < -0.3 is 5.32 Å². The van der Waals surface area contributed by atoms with Crippen LogP contribution in [-0.4, -0.2) is 12.6 Å². The van der Waals surface area contributed by atoms with E-state index in [0.29, 0.717) is 11.0 Å². The molecule has 1 heteroatoms. The van der Waals surface area contributed by atoms with Crippen molar-refractivity contribution in [1.82, 2.24) is 5.32 Å². The van der Waals surface area contributed by atoms with Crippen LogP contribution in [0, 0.1) is 17.3 Å². The third-order valence-corrected chi connectivity index (χ3v) is 4.88. The summed E-state index contributed by atoms with van der Waals surface area (Å²) in [4.78, 5) is 0. The van der Waals surface area contributed by atoms with Gasteiger partial charge >= 0.3 is 0 Å². The minimum absolute atomic E-state index is 0.554. The molecule has 0 heterocycles. The van der Waals surface area contributed by atoms with Gasteiger partial charge in [-0.1, -0.05) is 6.92 Å².